The van der Waals surface area contributed by atoms with Gasteiger partial charge in [0.05, 0.1) is 6.61 Å². The van der Waals surface area contributed by atoms with Gasteiger partial charge >= 0.3 is 0 Å². The van der Waals surface area contributed by atoms with Gasteiger partial charge in [-0.3, -0.25) is 0 Å². The third-order valence-corrected chi connectivity index (χ3v) is 3.73. The van der Waals surface area contributed by atoms with E-state index in [2.05, 4.69) is 61.0 Å². The maximum Gasteiger partial charge on any atom is 0.119 e. The summed E-state index contributed by atoms with van der Waals surface area (Å²) in [6, 6.07) is 17.0. The highest BCUT2D eigenvalue weighted by Gasteiger charge is 2.01. The van der Waals surface area contributed by atoms with Crippen LogP contribution in [-0.2, 0) is 6.54 Å². The molecule has 0 saturated heterocycles. The molecule has 1 heterocycles. The Morgan fingerprint density at radius 3 is 2.67 bits per heavy atom. The zero-order valence-electron chi connectivity index (χ0n) is 12.7. The van der Waals surface area contributed by atoms with E-state index in [1.807, 2.05) is 12.1 Å². The van der Waals surface area contributed by atoms with Gasteiger partial charge in [0.2, 0.25) is 0 Å². The van der Waals surface area contributed by atoms with Gasteiger partial charge in [0.1, 0.15) is 5.75 Å². The molecule has 0 aliphatic heterocycles. The van der Waals surface area contributed by atoms with Gasteiger partial charge in [-0.05, 0) is 61.5 Å². The summed E-state index contributed by atoms with van der Waals surface area (Å²) in [5.41, 5.74) is 3.85. The van der Waals surface area contributed by atoms with E-state index >= 15 is 0 Å². The van der Waals surface area contributed by atoms with Crippen molar-refractivity contribution in [2.75, 3.05) is 6.61 Å². The van der Waals surface area contributed by atoms with Crippen molar-refractivity contribution in [2.45, 2.75) is 26.8 Å². The Labute approximate surface area is 126 Å². The second-order valence-corrected chi connectivity index (χ2v) is 5.59. The molecular formula is C19H21NO. The SMILES string of the molecule is Cc1cccc(OCCCn2ccc3cc(C)ccc32)c1. The van der Waals surface area contributed by atoms with E-state index in [0.717, 1.165) is 25.3 Å². The maximum absolute atomic E-state index is 5.80. The lowest BCUT2D eigenvalue weighted by molar-refractivity contribution is 0.302. The van der Waals surface area contributed by atoms with Gasteiger partial charge in [0.15, 0.2) is 0 Å². The lowest BCUT2D eigenvalue weighted by atomic mass is 10.2. The van der Waals surface area contributed by atoms with Crippen molar-refractivity contribution in [2.24, 2.45) is 0 Å². The van der Waals surface area contributed by atoms with Crippen LogP contribution in [-0.4, -0.2) is 11.2 Å². The molecule has 0 aliphatic carbocycles. The molecule has 2 heteroatoms. The normalized spacial score (nSPS) is 11.0. The number of hydrogen-bond acceptors (Lipinski definition) is 1. The Kier molecular flexibility index (Phi) is 3.96. The second-order valence-electron chi connectivity index (χ2n) is 5.59. The minimum atomic E-state index is 0.745. The van der Waals surface area contributed by atoms with Crippen LogP contribution in [0.25, 0.3) is 10.9 Å². The number of aryl methyl sites for hydroxylation is 3. The predicted molar refractivity (Wildman–Crippen MR) is 88.0 cm³/mol. The number of hydrogen-bond donors (Lipinski definition) is 0. The highest BCUT2D eigenvalue weighted by molar-refractivity contribution is 5.80. The number of ether oxygens (including phenoxy) is 1. The molecule has 0 fully saturated rings. The first-order chi connectivity index (χ1) is 10.2. The van der Waals surface area contributed by atoms with Crippen LogP contribution in [0, 0.1) is 13.8 Å². The van der Waals surface area contributed by atoms with E-state index in [-0.39, 0.29) is 0 Å². The Morgan fingerprint density at radius 2 is 1.81 bits per heavy atom. The molecule has 3 aromatic rings. The molecule has 2 nitrogen and oxygen atoms in total. The summed E-state index contributed by atoms with van der Waals surface area (Å²) in [6.45, 7) is 5.95. The van der Waals surface area contributed by atoms with Gasteiger partial charge in [-0.2, -0.15) is 0 Å². The minimum absolute atomic E-state index is 0.745. The summed E-state index contributed by atoms with van der Waals surface area (Å²) in [7, 11) is 0. The van der Waals surface area contributed by atoms with Crippen LogP contribution in [0.15, 0.2) is 54.7 Å². The van der Waals surface area contributed by atoms with Crippen molar-refractivity contribution in [3.05, 3.63) is 65.9 Å². The molecule has 0 amide bonds. The van der Waals surface area contributed by atoms with Gasteiger partial charge in [-0.1, -0.05) is 23.8 Å². The Morgan fingerprint density at radius 1 is 0.952 bits per heavy atom. The monoisotopic (exact) mass is 279 g/mol. The highest BCUT2D eigenvalue weighted by Crippen LogP contribution is 2.18. The van der Waals surface area contributed by atoms with Crippen molar-refractivity contribution in [3.8, 4) is 5.75 Å². The standard InChI is InChI=1S/C19H21NO/c1-15-5-3-6-18(14-15)21-12-4-10-20-11-9-17-13-16(2)7-8-19(17)20/h3,5-9,11,13-14H,4,10,12H2,1-2H3. The number of benzene rings is 2. The molecule has 1 aromatic heterocycles. The highest BCUT2D eigenvalue weighted by atomic mass is 16.5. The summed E-state index contributed by atoms with van der Waals surface area (Å²) in [6.07, 6.45) is 3.17. The molecule has 21 heavy (non-hydrogen) atoms. The summed E-state index contributed by atoms with van der Waals surface area (Å²) in [5.74, 6) is 0.961. The third-order valence-electron chi connectivity index (χ3n) is 3.73. The third kappa shape index (κ3) is 3.27. The summed E-state index contributed by atoms with van der Waals surface area (Å²) in [5, 5.41) is 1.31. The van der Waals surface area contributed by atoms with E-state index < -0.39 is 0 Å². The molecule has 108 valence electrons. The fourth-order valence-electron chi connectivity index (χ4n) is 2.64. The van der Waals surface area contributed by atoms with Crippen LogP contribution in [0.1, 0.15) is 17.5 Å². The van der Waals surface area contributed by atoms with Crippen LogP contribution in [0.2, 0.25) is 0 Å². The van der Waals surface area contributed by atoms with Crippen molar-refractivity contribution >= 4 is 10.9 Å². The van der Waals surface area contributed by atoms with Gasteiger partial charge in [0, 0.05) is 18.3 Å². The van der Waals surface area contributed by atoms with Crippen molar-refractivity contribution in [3.63, 3.8) is 0 Å². The smallest absolute Gasteiger partial charge is 0.119 e. The molecule has 0 N–H and O–H groups in total. The van der Waals surface area contributed by atoms with Crippen LogP contribution in [0.3, 0.4) is 0 Å². The van der Waals surface area contributed by atoms with Gasteiger partial charge in [0.25, 0.3) is 0 Å². The van der Waals surface area contributed by atoms with E-state index in [1.165, 1.54) is 22.0 Å². The lowest BCUT2D eigenvalue weighted by Crippen LogP contribution is -2.03. The largest absolute Gasteiger partial charge is 0.494 e. The van der Waals surface area contributed by atoms with Crippen LogP contribution in [0.4, 0.5) is 0 Å². The topological polar surface area (TPSA) is 14.2 Å². The van der Waals surface area contributed by atoms with E-state index in [0.29, 0.717) is 0 Å². The Balaban J connectivity index is 1.57. The average Bonchev–Trinajstić information content (AvgIpc) is 2.86. The number of aromatic nitrogens is 1. The van der Waals surface area contributed by atoms with Crippen LogP contribution in [0.5, 0.6) is 5.75 Å². The second kappa shape index (κ2) is 6.04. The molecule has 0 unspecified atom stereocenters. The predicted octanol–water partition coefficient (Wildman–Crippen LogP) is 4.73. The Bertz CT molecular complexity index is 742. The first kappa shape index (κ1) is 13.7. The van der Waals surface area contributed by atoms with Crippen molar-refractivity contribution < 1.29 is 4.74 Å². The number of nitrogens with zero attached hydrogens (tertiary/aromatic N) is 1. The quantitative estimate of drug-likeness (QED) is 0.616. The van der Waals surface area contributed by atoms with Gasteiger partial charge in [-0.25, -0.2) is 0 Å². The zero-order valence-corrected chi connectivity index (χ0v) is 12.7. The summed E-state index contributed by atoms with van der Waals surface area (Å²) < 4.78 is 8.10. The first-order valence-electron chi connectivity index (χ1n) is 7.47. The first-order valence-corrected chi connectivity index (χ1v) is 7.47. The minimum Gasteiger partial charge on any atom is -0.494 e. The maximum atomic E-state index is 5.80. The van der Waals surface area contributed by atoms with E-state index in [4.69, 9.17) is 4.74 Å². The van der Waals surface area contributed by atoms with E-state index in [9.17, 15) is 0 Å². The molecule has 0 spiro atoms. The molecule has 3 rings (SSSR count). The zero-order chi connectivity index (χ0) is 14.7. The fourth-order valence-corrected chi connectivity index (χ4v) is 2.64. The fraction of sp³-hybridized carbons (Fsp3) is 0.263. The van der Waals surface area contributed by atoms with Crippen molar-refractivity contribution in [1.82, 2.24) is 4.57 Å². The molecule has 2 aromatic carbocycles. The number of rotatable bonds is 5. The average molecular weight is 279 g/mol. The van der Waals surface area contributed by atoms with E-state index in [1.54, 1.807) is 0 Å². The van der Waals surface area contributed by atoms with Gasteiger partial charge in [-0.15, -0.1) is 0 Å². The molecular weight excluding hydrogens is 258 g/mol. The summed E-state index contributed by atoms with van der Waals surface area (Å²) >= 11 is 0. The molecule has 0 atom stereocenters. The molecule has 0 bridgehead atoms. The molecule has 0 aliphatic rings. The summed E-state index contributed by atoms with van der Waals surface area (Å²) in [4.78, 5) is 0. The van der Waals surface area contributed by atoms with Crippen molar-refractivity contribution in [1.29, 1.82) is 0 Å². The van der Waals surface area contributed by atoms with Gasteiger partial charge < -0.3 is 9.30 Å². The number of fused-ring (bicyclic) bond motifs is 1. The molecule has 0 saturated carbocycles. The molecule has 0 radical (unpaired) electrons. The van der Waals surface area contributed by atoms with Crippen LogP contribution < -0.4 is 4.74 Å². The van der Waals surface area contributed by atoms with Crippen LogP contribution >= 0.6 is 0 Å². The lowest BCUT2D eigenvalue weighted by Gasteiger charge is -2.08. The Hall–Kier alpha value is -2.22.